The predicted octanol–water partition coefficient (Wildman–Crippen LogP) is 2.70. The second-order valence-electron chi connectivity index (χ2n) is 4.34. The van der Waals surface area contributed by atoms with Gasteiger partial charge >= 0.3 is 5.97 Å². The Bertz CT molecular complexity index is 505. The van der Waals surface area contributed by atoms with E-state index in [1.807, 2.05) is 6.92 Å². The Kier molecular flexibility index (Phi) is 5.29. The molecular weight excluding hydrogens is 268 g/mol. The Morgan fingerprint density at radius 1 is 1.58 bits per heavy atom. The van der Waals surface area contributed by atoms with E-state index in [1.54, 1.807) is 13.8 Å². The molecule has 0 aromatic carbocycles. The van der Waals surface area contributed by atoms with Crippen molar-refractivity contribution in [3.8, 4) is 0 Å². The van der Waals surface area contributed by atoms with Crippen LogP contribution in [0.4, 0.5) is 5.69 Å². The molecule has 6 nitrogen and oxygen atoms in total. The first-order valence-electron chi connectivity index (χ1n) is 5.75. The Hall–Kier alpha value is -1.63. The maximum Gasteiger partial charge on any atom is 0.304 e. The van der Waals surface area contributed by atoms with E-state index in [9.17, 15) is 14.9 Å². The van der Waals surface area contributed by atoms with Gasteiger partial charge in [-0.1, -0.05) is 6.92 Å². The number of pyridine rings is 1. The lowest BCUT2D eigenvalue weighted by Gasteiger charge is -2.10. The minimum atomic E-state index is -0.848. The highest BCUT2D eigenvalue weighted by molar-refractivity contribution is 7.99. The minimum absolute atomic E-state index is 0.0564. The molecule has 0 fully saturated rings. The summed E-state index contributed by atoms with van der Waals surface area (Å²) in [5.74, 6) is -0.374. The second-order valence-corrected chi connectivity index (χ2v) is 5.76. The van der Waals surface area contributed by atoms with E-state index < -0.39 is 10.9 Å². The summed E-state index contributed by atoms with van der Waals surface area (Å²) in [6.45, 7) is 5.15. The van der Waals surface area contributed by atoms with Gasteiger partial charge in [-0.3, -0.25) is 19.9 Å². The van der Waals surface area contributed by atoms with Crippen LogP contribution in [-0.2, 0) is 10.5 Å². The fourth-order valence-electron chi connectivity index (χ4n) is 1.72. The highest BCUT2D eigenvalue weighted by atomic mass is 32.2. The number of rotatable bonds is 6. The van der Waals surface area contributed by atoms with Gasteiger partial charge in [0.2, 0.25) is 0 Å². The fraction of sp³-hybridized carbons (Fsp3) is 0.500. The lowest BCUT2D eigenvalue weighted by molar-refractivity contribution is -0.386. The van der Waals surface area contributed by atoms with Gasteiger partial charge in [0.15, 0.2) is 0 Å². The molecule has 0 aliphatic heterocycles. The molecule has 1 heterocycles. The Balaban J connectivity index is 2.83. The van der Waals surface area contributed by atoms with Gasteiger partial charge < -0.3 is 5.11 Å². The van der Waals surface area contributed by atoms with Crippen LogP contribution in [0, 0.1) is 24.0 Å². The molecule has 104 valence electrons. The topological polar surface area (TPSA) is 93.3 Å². The van der Waals surface area contributed by atoms with E-state index in [0.29, 0.717) is 22.6 Å². The predicted molar refractivity (Wildman–Crippen MR) is 73.4 cm³/mol. The Morgan fingerprint density at radius 3 is 2.74 bits per heavy atom. The van der Waals surface area contributed by atoms with Gasteiger partial charge in [0.1, 0.15) is 0 Å². The molecule has 1 rings (SSSR count). The molecule has 0 saturated carbocycles. The van der Waals surface area contributed by atoms with E-state index in [-0.39, 0.29) is 17.4 Å². The molecule has 0 radical (unpaired) electrons. The van der Waals surface area contributed by atoms with Crippen LogP contribution >= 0.6 is 11.8 Å². The lowest BCUT2D eigenvalue weighted by atomic mass is 10.1. The third kappa shape index (κ3) is 4.20. The summed E-state index contributed by atoms with van der Waals surface area (Å²) < 4.78 is 0. The zero-order chi connectivity index (χ0) is 14.6. The van der Waals surface area contributed by atoms with Crippen LogP contribution in [0.15, 0.2) is 6.20 Å². The minimum Gasteiger partial charge on any atom is -0.481 e. The quantitative estimate of drug-likeness (QED) is 0.637. The first-order valence-corrected chi connectivity index (χ1v) is 6.80. The Labute approximate surface area is 115 Å². The number of nitro groups is 1. The number of carbonyl (C=O) groups is 1. The first kappa shape index (κ1) is 15.4. The average Bonchev–Trinajstić information content (AvgIpc) is 2.26. The van der Waals surface area contributed by atoms with Crippen LogP contribution in [0.2, 0.25) is 0 Å². The fourth-order valence-corrected chi connectivity index (χ4v) is 2.71. The summed E-state index contributed by atoms with van der Waals surface area (Å²) in [7, 11) is 0. The number of carboxylic acids is 1. The summed E-state index contributed by atoms with van der Waals surface area (Å²) in [6, 6.07) is 0. The average molecular weight is 284 g/mol. The normalized spacial score (nSPS) is 12.2. The number of carboxylic acid groups (broad SMARTS) is 1. The van der Waals surface area contributed by atoms with Gasteiger partial charge in [0, 0.05) is 28.3 Å². The highest BCUT2D eigenvalue weighted by Crippen LogP contribution is 2.28. The molecule has 1 atom stereocenters. The molecule has 0 spiro atoms. The lowest BCUT2D eigenvalue weighted by Crippen LogP contribution is -2.07. The van der Waals surface area contributed by atoms with Crippen molar-refractivity contribution in [2.75, 3.05) is 0 Å². The Morgan fingerprint density at radius 2 is 2.21 bits per heavy atom. The number of hydrogen-bond donors (Lipinski definition) is 1. The number of thioether (sulfide) groups is 1. The number of aryl methyl sites for hydroxylation is 1. The maximum absolute atomic E-state index is 11.0. The van der Waals surface area contributed by atoms with Crippen LogP contribution in [0.25, 0.3) is 0 Å². The molecule has 19 heavy (non-hydrogen) atoms. The number of aliphatic carboxylic acids is 1. The van der Waals surface area contributed by atoms with Crippen molar-refractivity contribution in [1.29, 1.82) is 0 Å². The first-order chi connectivity index (χ1) is 8.82. The number of aromatic nitrogens is 1. The van der Waals surface area contributed by atoms with Crippen LogP contribution < -0.4 is 0 Å². The smallest absolute Gasteiger partial charge is 0.304 e. The SMILES string of the molecule is Cc1cnc(CSC(C)CC(=O)O)c(C)c1[N+](=O)[O-]. The summed E-state index contributed by atoms with van der Waals surface area (Å²) in [5.41, 5.74) is 1.82. The van der Waals surface area contributed by atoms with Gasteiger partial charge in [-0.25, -0.2) is 0 Å². The van der Waals surface area contributed by atoms with Gasteiger partial charge in [0.05, 0.1) is 17.0 Å². The molecule has 1 unspecified atom stereocenters. The van der Waals surface area contributed by atoms with E-state index in [4.69, 9.17) is 5.11 Å². The second kappa shape index (κ2) is 6.51. The van der Waals surface area contributed by atoms with Crippen LogP contribution in [0.3, 0.4) is 0 Å². The van der Waals surface area contributed by atoms with Crippen molar-refractivity contribution in [3.63, 3.8) is 0 Å². The number of nitrogens with zero attached hydrogens (tertiary/aromatic N) is 2. The van der Waals surface area contributed by atoms with Gasteiger partial charge in [-0.2, -0.15) is 11.8 Å². The van der Waals surface area contributed by atoms with Crippen molar-refractivity contribution >= 4 is 23.4 Å². The van der Waals surface area contributed by atoms with E-state index in [0.717, 1.165) is 0 Å². The number of hydrogen-bond acceptors (Lipinski definition) is 5. The van der Waals surface area contributed by atoms with Gasteiger partial charge in [-0.05, 0) is 13.8 Å². The molecule has 0 aliphatic carbocycles. The molecular formula is C12H16N2O4S. The van der Waals surface area contributed by atoms with Crippen molar-refractivity contribution < 1.29 is 14.8 Å². The monoisotopic (exact) mass is 284 g/mol. The van der Waals surface area contributed by atoms with Gasteiger partial charge in [0.25, 0.3) is 5.69 Å². The summed E-state index contributed by atoms with van der Waals surface area (Å²) >= 11 is 1.43. The molecule has 0 amide bonds. The zero-order valence-electron chi connectivity index (χ0n) is 11.0. The van der Waals surface area contributed by atoms with E-state index in [2.05, 4.69) is 4.98 Å². The van der Waals surface area contributed by atoms with Crippen molar-refractivity contribution in [3.05, 3.63) is 33.1 Å². The van der Waals surface area contributed by atoms with Crippen molar-refractivity contribution in [2.45, 2.75) is 38.2 Å². The third-order valence-corrected chi connectivity index (χ3v) is 3.90. The van der Waals surface area contributed by atoms with Crippen LogP contribution in [0.1, 0.15) is 30.2 Å². The highest BCUT2D eigenvalue weighted by Gasteiger charge is 2.19. The van der Waals surface area contributed by atoms with Crippen LogP contribution in [0.5, 0.6) is 0 Å². The third-order valence-electron chi connectivity index (χ3n) is 2.72. The van der Waals surface area contributed by atoms with E-state index >= 15 is 0 Å². The molecule has 0 aliphatic rings. The van der Waals surface area contributed by atoms with Crippen LogP contribution in [-0.4, -0.2) is 26.2 Å². The molecule has 0 saturated heterocycles. The molecule has 1 N–H and O–H groups in total. The van der Waals surface area contributed by atoms with Gasteiger partial charge in [-0.15, -0.1) is 0 Å². The van der Waals surface area contributed by atoms with Crippen molar-refractivity contribution in [2.24, 2.45) is 0 Å². The summed E-state index contributed by atoms with van der Waals surface area (Å²) in [6.07, 6.45) is 1.56. The molecule has 7 heteroatoms. The largest absolute Gasteiger partial charge is 0.481 e. The van der Waals surface area contributed by atoms with E-state index in [1.165, 1.54) is 18.0 Å². The zero-order valence-corrected chi connectivity index (χ0v) is 11.9. The maximum atomic E-state index is 11.0. The molecule has 0 bridgehead atoms. The summed E-state index contributed by atoms with van der Waals surface area (Å²) in [5, 5.41) is 19.6. The van der Waals surface area contributed by atoms with Crippen molar-refractivity contribution in [1.82, 2.24) is 4.98 Å². The summed E-state index contributed by atoms with van der Waals surface area (Å²) in [4.78, 5) is 25.3. The molecule has 1 aromatic rings. The standard InChI is InChI=1S/C12H16N2O4S/c1-7-5-13-10(9(3)12(7)14(17)18)6-19-8(2)4-11(15)16/h5,8H,4,6H2,1-3H3,(H,15,16). The molecule has 1 aromatic heterocycles.